The summed E-state index contributed by atoms with van der Waals surface area (Å²) in [5.74, 6) is -0.209. The topological polar surface area (TPSA) is 101 Å². The number of rotatable bonds is 1. The van der Waals surface area contributed by atoms with Crippen LogP contribution in [0.4, 0.5) is 4.39 Å². The maximum absolute atomic E-state index is 14.9. The first-order valence-corrected chi connectivity index (χ1v) is 10.1. The first kappa shape index (κ1) is 19.5. The number of aliphatic imine (C=N–C) groups is 1. The Balaban J connectivity index is 1.70. The molecule has 2 unspecified atom stereocenters. The molecule has 3 aliphatic heterocycles. The van der Waals surface area contributed by atoms with Gasteiger partial charge in [0.05, 0.1) is 12.2 Å². The van der Waals surface area contributed by atoms with Crippen LogP contribution in [-0.4, -0.2) is 42.6 Å². The molecular weight excluding hydrogens is 399 g/mol. The molecule has 1 fully saturated rings. The Bertz CT molecular complexity index is 1170. The summed E-state index contributed by atoms with van der Waals surface area (Å²) < 4.78 is 26.9. The lowest BCUT2D eigenvalue weighted by molar-refractivity contribution is -0.139. The minimum Gasteiger partial charge on any atom is -0.484 e. The highest BCUT2D eigenvalue weighted by molar-refractivity contribution is 6.07. The van der Waals surface area contributed by atoms with E-state index in [4.69, 9.17) is 15.2 Å². The van der Waals surface area contributed by atoms with Gasteiger partial charge in [-0.3, -0.25) is 9.69 Å². The SMILES string of the molecule is CN1C(=O)C2(CC3(CCCOC3)Oc3ccc(-c4cccc(C#N)c4F)cc32)N=C1N. The second-order valence-corrected chi connectivity index (χ2v) is 8.30. The molecule has 2 aromatic rings. The zero-order chi connectivity index (χ0) is 21.8. The fourth-order valence-electron chi connectivity index (χ4n) is 4.82. The summed E-state index contributed by atoms with van der Waals surface area (Å²) in [5.41, 5.74) is 5.41. The van der Waals surface area contributed by atoms with Crippen molar-refractivity contribution in [3.05, 3.63) is 53.3 Å². The Hall–Kier alpha value is -3.44. The van der Waals surface area contributed by atoms with E-state index in [1.54, 1.807) is 37.4 Å². The number of carbonyl (C=O) groups is 1. The van der Waals surface area contributed by atoms with E-state index in [1.807, 2.05) is 6.07 Å². The molecule has 0 saturated carbocycles. The van der Waals surface area contributed by atoms with Gasteiger partial charge in [-0.15, -0.1) is 0 Å². The molecule has 7 nitrogen and oxygen atoms in total. The van der Waals surface area contributed by atoms with Gasteiger partial charge < -0.3 is 15.2 Å². The summed E-state index contributed by atoms with van der Waals surface area (Å²) in [6, 6.07) is 11.7. The number of likely N-dealkylation sites (N-methyl/N-ethyl adjacent to an activating group) is 1. The Morgan fingerprint density at radius 3 is 2.84 bits per heavy atom. The van der Waals surface area contributed by atoms with Gasteiger partial charge in [0.2, 0.25) is 0 Å². The van der Waals surface area contributed by atoms with E-state index in [2.05, 4.69) is 4.99 Å². The van der Waals surface area contributed by atoms with Crippen LogP contribution in [0.15, 0.2) is 41.4 Å². The third-order valence-electron chi connectivity index (χ3n) is 6.35. The summed E-state index contributed by atoms with van der Waals surface area (Å²) >= 11 is 0. The summed E-state index contributed by atoms with van der Waals surface area (Å²) in [6.45, 7) is 1.01. The second kappa shape index (κ2) is 6.79. The van der Waals surface area contributed by atoms with Crippen molar-refractivity contribution < 1.29 is 18.7 Å². The van der Waals surface area contributed by atoms with Crippen LogP contribution in [0.2, 0.25) is 0 Å². The van der Waals surface area contributed by atoms with Crippen LogP contribution in [0, 0.1) is 17.1 Å². The first-order chi connectivity index (χ1) is 14.9. The molecule has 0 aromatic heterocycles. The van der Waals surface area contributed by atoms with Crippen molar-refractivity contribution in [1.29, 1.82) is 5.26 Å². The van der Waals surface area contributed by atoms with Crippen molar-refractivity contribution in [3.63, 3.8) is 0 Å². The molecule has 2 spiro atoms. The summed E-state index contributed by atoms with van der Waals surface area (Å²) in [6.07, 6.45) is 1.85. The van der Waals surface area contributed by atoms with Gasteiger partial charge in [-0.2, -0.15) is 5.26 Å². The zero-order valence-electron chi connectivity index (χ0n) is 17.0. The highest BCUT2D eigenvalue weighted by Gasteiger charge is 2.58. The van der Waals surface area contributed by atoms with Crippen LogP contribution in [0.1, 0.15) is 30.4 Å². The number of benzene rings is 2. The van der Waals surface area contributed by atoms with Gasteiger partial charge >= 0.3 is 0 Å². The second-order valence-electron chi connectivity index (χ2n) is 8.30. The van der Waals surface area contributed by atoms with Crippen LogP contribution in [0.3, 0.4) is 0 Å². The fourth-order valence-corrected chi connectivity index (χ4v) is 4.82. The molecule has 31 heavy (non-hydrogen) atoms. The third-order valence-corrected chi connectivity index (χ3v) is 6.35. The van der Waals surface area contributed by atoms with Gasteiger partial charge in [0, 0.05) is 31.2 Å². The fraction of sp³-hybridized carbons (Fsp3) is 0.348. The third kappa shape index (κ3) is 2.81. The van der Waals surface area contributed by atoms with Gasteiger partial charge in [0.25, 0.3) is 5.91 Å². The number of nitrogens with two attached hydrogens (primary N) is 1. The predicted molar refractivity (Wildman–Crippen MR) is 111 cm³/mol. The number of hydrogen-bond donors (Lipinski definition) is 1. The predicted octanol–water partition coefficient (Wildman–Crippen LogP) is 2.68. The molecule has 3 heterocycles. The smallest absolute Gasteiger partial charge is 0.261 e. The molecule has 2 aromatic carbocycles. The quantitative estimate of drug-likeness (QED) is 0.764. The average Bonchev–Trinajstić information content (AvgIpc) is 2.98. The van der Waals surface area contributed by atoms with Crippen molar-refractivity contribution in [2.45, 2.75) is 30.4 Å². The highest BCUT2D eigenvalue weighted by Crippen LogP contribution is 2.51. The van der Waals surface area contributed by atoms with Crippen LogP contribution in [0.25, 0.3) is 11.1 Å². The van der Waals surface area contributed by atoms with Crippen LogP contribution >= 0.6 is 0 Å². The number of amides is 1. The minimum atomic E-state index is -1.26. The molecule has 2 N–H and O–H groups in total. The monoisotopic (exact) mass is 420 g/mol. The van der Waals surface area contributed by atoms with Crippen molar-refractivity contribution in [1.82, 2.24) is 4.90 Å². The number of hydrogen-bond acceptors (Lipinski definition) is 6. The number of halogens is 1. The molecular formula is C23H21FN4O3. The van der Waals surface area contributed by atoms with Crippen molar-refractivity contribution >= 4 is 11.9 Å². The lowest BCUT2D eigenvalue weighted by Crippen LogP contribution is -2.55. The summed E-state index contributed by atoms with van der Waals surface area (Å²) in [4.78, 5) is 19.4. The van der Waals surface area contributed by atoms with Crippen LogP contribution in [0.5, 0.6) is 5.75 Å². The zero-order valence-corrected chi connectivity index (χ0v) is 17.0. The molecule has 8 heteroatoms. The van der Waals surface area contributed by atoms with Gasteiger partial charge in [-0.25, -0.2) is 9.38 Å². The number of nitriles is 1. The number of carbonyl (C=O) groups excluding carboxylic acids is 1. The van der Waals surface area contributed by atoms with Gasteiger partial charge in [-0.1, -0.05) is 18.2 Å². The van der Waals surface area contributed by atoms with Gasteiger partial charge in [0.1, 0.15) is 23.2 Å². The Morgan fingerprint density at radius 1 is 1.32 bits per heavy atom. The van der Waals surface area contributed by atoms with Gasteiger partial charge in [0.15, 0.2) is 11.5 Å². The van der Waals surface area contributed by atoms with E-state index >= 15 is 0 Å². The number of guanidine groups is 1. The molecule has 0 bridgehead atoms. The molecule has 0 radical (unpaired) electrons. The van der Waals surface area contributed by atoms with Crippen molar-refractivity contribution in [3.8, 4) is 22.9 Å². The van der Waals surface area contributed by atoms with E-state index in [1.165, 1.54) is 11.0 Å². The highest BCUT2D eigenvalue weighted by atomic mass is 19.1. The molecule has 0 aliphatic carbocycles. The van der Waals surface area contributed by atoms with Crippen LogP contribution < -0.4 is 10.5 Å². The maximum atomic E-state index is 14.9. The first-order valence-electron chi connectivity index (χ1n) is 10.1. The molecule has 5 rings (SSSR count). The molecule has 2 atom stereocenters. The molecule has 1 amide bonds. The van der Waals surface area contributed by atoms with E-state index in [0.717, 1.165) is 12.8 Å². The number of ether oxygens (including phenoxy) is 2. The summed E-state index contributed by atoms with van der Waals surface area (Å²) in [5, 5.41) is 9.18. The maximum Gasteiger partial charge on any atom is 0.261 e. The summed E-state index contributed by atoms with van der Waals surface area (Å²) in [7, 11) is 1.59. The normalized spacial score (nSPS) is 27.1. The lowest BCUT2D eigenvalue weighted by Gasteiger charge is -2.46. The Kier molecular flexibility index (Phi) is 4.27. The Morgan fingerprint density at radius 2 is 2.16 bits per heavy atom. The Labute approximate surface area is 178 Å². The number of nitrogens with zero attached hydrogens (tertiary/aromatic N) is 3. The largest absolute Gasteiger partial charge is 0.484 e. The van der Waals surface area contributed by atoms with Crippen LogP contribution in [-0.2, 0) is 15.1 Å². The average molecular weight is 420 g/mol. The van der Waals surface area contributed by atoms with E-state index in [0.29, 0.717) is 36.5 Å². The molecule has 1 saturated heterocycles. The van der Waals surface area contributed by atoms with Crippen molar-refractivity contribution in [2.24, 2.45) is 10.7 Å². The molecule has 3 aliphatic rings. The van der Waals surface area contributed by atoms with Gasteiger partial charge in [-0.05, 0) is 36.6 Å². The molecule has 158 valence electrons. The lowest BCUT2D eigenvalue weighted by atomic mass is 9.74. The van der Waals surface area contributed by atoms with Crippen molar-refractivity contribution in [2.75, 3.05) is 20.3 Å². The standard InChI is InChI=1S/C23H21FN4O3/c1-28-20(29)23(27-21(28)26)12-22(8-3-9-30-13-22)31-18-7-6-14(10-17(18)23)16-5-2-4-15(11-25)19(16)24/h2,4-7,10H,3,8-9,12-13H2,1H3,(H2,26,27). The van der Waals surface area contributed by atoms with E-state index < -0.39 is 17.0 Å². The number of fused-ring (bicyclic) bond motifs is 2. The van der Waals surface area contributed by atoms with E-state index in [-0.39, 0.29) is 23.0 Å². The van der Waals surface area contributed by atoms with E-state index in [9.17, 15) is 14.4 Å². The minimum absolute atomic E-state index is 0.0431.